The molecule has 0 saturated heterocycles. The van der Waals surface area contributed by atoms with Gasteiger partial charge in [-0.1, -0.05) is 63.6 Å². The average Bonchev–Trinajstić information content (AvgIpc) is 2.96. The van der Waals surface area contributed by atoms with Gasteiger partial charge in [0.25, 0.3) is 5.22 Å². The van der Waals surface area contributed by atoms with Crippen molar-refractivity contribution in [3.63, 3.8) is 0 Å². The molecule has 0 spiro atoms. The highest BCUT2D eigenvalue weighted by atomic mass is 79.9. The lowest BCUT2D eigenvalue weighted by atomic mass is 10.2. The molecule has 0 amide bonds. The van der Waals surface area contributed by atoms with Gasteiger partial charge in [-0.05, 0) is 36.8 Å². The summed E-state index contributed by atoms with van der Waals surface area (Å²) in [5.74, 6) is 0.509. The molecule has 0 saturated carbocycles. The fourth-order valence-corrected chi connectivity index (χ4v) is 3.63. The van der Waals surface area contributed by atoms with Crippen LogP contribution in [-0.2, 0) is 0 Å². The van der Waals surface area contributed by atoms with Gasteiger partial charge in [-0.25, -0.2) is 0 Å². The molecule has 6 heteroatoms. The number of nitrogens with zero attached hydrogens (tertiary/aromatic N) is 2. The summed E-state index contributed by atoms with van der Waals surface area (Å²) in [6.45, 7) is 2.06. The molecule has 112 valence electrons. The van der Waals surface area contributed by atoms with Crippen LogP contribution in [0.2, 0.25) is 5.02 Å². The minimum Gasteiger partial charge on any atom is -0.411 e. The number of benzene rings is 2. The van der Waals surface area contributed by atoms with E-state index in [2.05, 4.69) is 33.1 Å². The summed E-state index contributed by atoms with van der Waals surface area (Å²) in [5.41, 5.74) is 1.94. The van der Waals surface area contributed by atoms with Crippen molar-refractivity contribution in [3.8, 4) is 11.5 Å². The summed E-state index contributed by atoms with van der Waals surface area (Å²) < 4.78 is 6.71. The van der Waals surface area contributed by atoms with Gasteiger partial charge in [-0.2, -0.15) is 0 Å². The summed E-state index contributed by atoms with van der Waals surface area (Å²) >= 11 is 11.1. The molecule has 3 rings (SSSR count). The molecule has 1 atom stereocenters. The molecule has 1 aromatic heterocycles. The molecule has 2 aromatic carbocycles. The quantitative estimate of drug-likeness (QED) is 0.507. The second kappa shape index (κ2) is 6.86. The van der Waals surface area contributed by atoms with Crippen LogP contribution < -0.4 is 0 Å². The zero-order chi connectivity index (χ0) is 15.5. The molecule has 0 N–H and O–H groups in total. The van der Waals surface area contributed by atoms with Crippen LogP contribution in [0.4, 0.5) is 0 Å². The summed E-state index contributed by atoms with van der Waals surface area (Å²) in [5, 5.41) is 9.61. The first kappa shape index (κ1) is 15.6. The van der Waals surface area contributed by atoms with E-state index in [1.165, 1.54) is 11.8 Å². The van der Waals surface area contributed by atoms with Crippen LogP contribution in [0, 0.1) is 0 Å². The standard InChI is InChI=1S/C16H12BrClN2OS/c1-10(13-7-2-3-8-14(13)18)22-16-20-19-15(21-16)11-5-4-6-12(17)9-11/h2-10H,1H3. The van der Waals surface area contributed by atoms with E-state index in [1.54, 1.807) is 0 Å². The van der Waals surface area contributed by atoms with Crippen molar-refractivity contribution in [2.75, 3.05) is 0 Å². The van der Waals surface area contributed by atoms with E-state index in [4.69, 9.17) is 16.0 Å². The second-order valence-corrected chi connectivity index (χ2v) is 7.28. The Morgan fingerprint density at radius 1 is 1.14 bits per heavy atom. The summed E-state index contributed by atoms with van der Waals surface area (Å²) in [7, 11) is 0. The van der Waals surface area contributed by atoms with Crippen LogP contribution in [0.1, 0.15) is 17.7 Å². The zero-order valence-electron chi connectivity index (χ0n) is 11.7. The van der Waals surface area contributed by atoms with Gasteiger partial charge < -0.3 is 4.42 Å². The first-order valence-corrected chi connectivity index (χ1v) is 8.69. The highest BCUT2D eigenvalue weighted by Gasteiger charge is 2.16. The molecule has 3 aromatic rings. The molecule has 22 heavy (non-hydrogen) atoms. The van der Waals surface area contributed by atoms with E-state index in [0.717, 1.165) is 20.6 Å². The first-order chi connectivity index (χ1) is 10.6. The van der Waals surface area contributed by atoms with Crippen molar-refractivity contribution in [1.29, 1.82) is 0 Å². The van der Waals surface area contributed by atoms with Gasteiger partial charge >= 0.3 is 0 Å². The highest BCUT2D eigenvalue weighted by Crippen LogP contribution is 2.38. The third-order valence-electron chi connectivity index (χ3n) is 3.10. The van der Waals surface area contributed by atoms with Crippen molar-refractivity contribution in [2.45, 2.75) is 17.4 Å². The van der Waals surface area contributed by atoms with Crippen LogP contribution >= 0.6 is 39.3 Å². The Hall–Kier alpha value is -1.30. The van der Waals surface area contributed by atoms with Crippen LogP contribution in [0.15, 0.2) is 62.6 Å². The van der Waals surface area contributed by atoms with Gasteiger partial charge in [0.15, 0.2) is 0 Å². The highest BCUT2D eigenvalue weighted by molar-refractivity contribution is 9.10. The maximum absolute atomic E-state index is 6.22. The Morgan fingerprint density at radius 3 is 2.73 bits per heavy atom. The molecule has 0 fully saturated rings. The molecule has 0 aliphatic rings. The molecular formula is C16H12BrClN2OS. The van der Waals surface area contributed by atoms with Gasteiger partial charge in [0.05, 0.1) is 0 Å². The van der Waals surface area contributed by atoms with Gasteiger partial charge in [0.1, 0.15) is 0 Å². The molecule has 0 radical (unpaired) electrons. The van der Waals surface area contributed by atoms with Gasteiger partial charge in [-0.3, -0.25) is 0 Å². The number of halogens is 2. The summed E-state index contributed by atoms with van der Waals surface area (Å²) in [6.07, 6.45) is 0. The number of hydrogen-bond acceptors (Lipinski definition) is 4. The average molecular weight is 396 g/mol. The van der Waals surface area contributed by atoms with Crippen molar-refractivity contribution < 1.29 is 4.42 Å². The minimum atomic E-state index is 0.129. The van der Waals surface area contributed by atoms with E-state index in [-0.39, 0.29) is 5.25 Å². The smallest absolute Gasteiger partial charge is 0.277 e. The van der Waals surface area contributed by atoms with E-state index in [1.807, 2.05) is 48.5 Å². The topological polar surface area (TPSA) is 38.9 Å². The zero-order valence-corrected chi connectivity index (χ0v) is 14.8. The number of hydrogen-bond donors (Lipinski definition) is 0. The van der Waals surface area contributed by atoms with E-state index in [9.17, 15) is 0 Å². The lowest BCUT2D eigenvalue weighted by Crippen LogP contribution is -1.89. The Balaban J connectivity index is 1.79. The molecular weight excluding hydrogens is 384 g/mol. The second-order valence-electron chi connectivity index (χ2n) is 4.67. The fourth-order valence-electron chi connectivity index (χ4n) is 2.02. The van der Waals surface area contributed by atoms with E-state index < -0.39 is 0 Å². The number of rotatable bonds is 4. The third-order valence-corrected chi connectivity index (χ3v) is 4.91. The van der Waals surface area contributed by atoms with Crippen LogP contribution in [-0.4, -0.2) is 10.2 Å². The molecule has 1 heterocycles. The lowest BCUT2D eigenvalue weighted by molar-refractivity contribution is 0.465. The predicted octanol–water partition coefficient (Wildman–Crippen LogP) is 6.01. The van der Waals surface area contributed by atoms with Crippen molar-refractivity contribution >= 4 is 39.3 Å². The molecule has 0 aliphatic carbocycles. The van der Waals surface area contributed by atoms with Crippen LogP contribution in [0.5, 0.6) is 0 Å². The third kappa shape index (κ3) is 3.54. The van der Waals surface area contributed by atoms with E-state index in [0.29, 0.717) is 11.1 Å². The summed E-state index contributed by atoms with van der Waals surface area (Å²) in [6, 6.07) is 15.5. The Kier molecular flexibility index (Phi) is 4.86. The van der Waals surface area contributed by atoms with Gasteiger partial charge in [-0.15, -0.1) is 10.2 Å². The normalized spacial score (nSPS) is 12.3. The van der Waals surface area contributed by atoms with E-state index >= 15 is 0 Å². The molecule has 3 nitrogen and oxygen atoms in total. The Morgan fingerprint density at radius 2 is 1.95 bits per heavy atom. The fraction of sp³-hybridized carbons (Fsp3) is 0.125. The molecule has 0 aliphatic heterocycles. The molecule has 0 bridgehead atoms. The summed E-state index contributed by atoms with van der Waals surface area (Å²) in [4.78, 5) is 0. The largest absolute Gasteiger partial charge is 0.411 e. The van der Waals surface area contributed by atoms with Gasteiger partial charge in [0.2, 0.25) is 5.89 Å². The number of thioether (sulfide) groups is 1. The Bertz CT molecular complexity index is 793. The first-order valence-electron chi connectivity index (χ1n) is 6.64. The van der Waals surface area contributed by atoms with Crippen molar-refractivity contribution in [3.05, 3.63) is 63.6 Å². The predicted molar refractivity (Wildman–Crippen MR) is 93.2 cm³/mol. The maximum atomic E-state index is 6.22. The maximum Gasteiger partial charge on any atom is 0.277 e. The minimum absolute atomic E-state index is 0.129. The van der Waals surface area contributed by atoms with Crippen LogP contribution in [0.25, 0.3) is 11.5 Å². The van der Waals surface area contributed by atoms with Crippen LogP contribution in [0.3, 0.4) is 0 Å². The molecule has 1 unspecified atom stereocenters. The van der Waals surface area contributed by atoms with Crippen molar-refractivity contribution in [2.24, 2.45) is 0 Å². The van der Waals surface area contributed by atoms with Gasteiger partial charge in [0, 0.05) is 20.3 Å². The van der Waals surface area contributed by atoms with Crippen molar-refractivity contribution in [1.82, 2.24) is 10.2 Å². The monoisotopic (exact) mass is 394 g/mol. The Labute approximate surface area is 146 Å². The lowest BCUT2D eigenvalue weighted by Gasteiger charge is -2.10. The SMILES string of the molecule is CC(Sc1nnc(-c2cccc(Br)c2)o1)c1ccccc1Cl. The number of aromatic nitrogens is 2.